The van der Waals surface area contributed by atoms with Gasteiger partial charge in [0, 0.05) is 29.4 Å². The summed E-state index contributed by atoms with van der Waals surface area (Å²) in [5, 5.41) is 2.13. The quantitative estimate of drug-likeness (QED) is 0.621. The fourth-order valence-electron chi connectivity index (χ4n) is 3.67. The third kappa shape index (κ3) is 3.32. The molecule has 3 aromatic rings. The third-order valence-corrected chi connectivity index (χ3v) is 4.97. The molecule has 4 rings (SSSR count). The molecule has 0 atom stereocenters. The molecule has 1 heterocycles. The van der Waals surface area contributed by atoms with Gasteiger partial charge in [-0.05, 0) is 42.7 Å². The van der Waals surface area contributed by atoms with Crippen LogP contribution >= 0.6 is 0 Å². The molecule has 1 aliphatic rings. The Balaban J connectivity index is 1.80. The van der Waals surface area contributed by atoms with Gasteiger partial charge in [-0.1, -0.05) is 36.8 Å². The largest absolute Gasteiger partial charge is 0.496 e. The lowest BCUT2D eigenvalue weighted by molar-refractivity contribution is 0.155. The van der Waals surface area contributed by atoms with Gasteiger partial charge >= 0.3 is 0 Å². The Morgan fingerprint density at radius 3 is 2.48 bits per heavy atom. The van der Waals surface area contributed by atoms with Crippen LogP contribution in [0.3, 0.4) is 0 Å². The second-order valence-corrected chi connectivity index (χ2v) is 6.65. The fraction of sp³-hybridized carbons (Fsp3) is 0.318. The number of benzene rings is 2. The Hall–Kier alpha value is -2.55. The van der Waals surface area contributed by atoms with E-state index in [1.807, 2.05) is 36.7 Å². The first kappa shape index (κ1) is 15.9. The first-order chi connectivity index (χ1) is 12.3. The number of aromatic nitrogens is 1. The predicted octanol–water partition coefficient (Wildman–Crippen LogP) is 5.62. The van der Waals surface area contributed by atoms with E-state index in [-0.39, 0.29) is 0 Å². The van der Waals surface area contributed by atoms with Crippen molar-refractivity contribution in [3.05, 3.63) is 54.9 Å². The molecule has 25 heavy (non-hydrogen) atoms. The lowest BCUT2D eigenvalue weighted by atomic mass is 9.97. The van der Waals surface area contributed by atoms with Crippen molar-refractivity contribution in [3.8, 4) is 22.6 Å². The summed E-state index contributed by atoms with van der Waals surface area (Å²) in [7, 11) is 1.70. The zero-order valence-corrected chi connectivity index (χ0v) is 14.6. The van der Waals surface area contributed by atoms with Gasteiger partial charge in [-0.2, -0.15) is 0 Å². The van der Waals surface area contributed by atoms with Gasteiger partial charge in [0.05, 0.1) is 13.2 Å². The molecule has 0 spiro atoms. The fourth-order valence-corrected chi connectivity index (χ4v) is 3.67. The van der Waals surface area contributed by atoms with E-state index in [4.69, 9.17) is 9.47 Å². The van der Waals surface area contributed by atoms with E-state index >= 15 is 0 Å². The molecule has 0 bridgehead atoms. The van der Waals surface area contributed by atoms with Gasteiger partial charge in [0.2, 0.25) is 0 Å². The Morgan fingerprint density at radius 1 is 0.920 bits per heavy atom. The van der Waals surface area contributed by atoms with Crippen LogP contribution < -0.4 is 9.47 Å². The molecule has 3 nitrogen and oxygen atoms in total. The average molecular weight is 333 g/mol. The van der Waals surface area contributed by atoms with Crippen LogP contribution in [0.5, 0.6) is 11.5 Å². The van der Waals surface area contributed by atoms with Crippen LogP contribution in [0.15, 0.2) is 54.9 Å². The van der Waals surface area contributed by atoms with Gasteiger partial charge in [0.15, 0.2) is 0 Å². The summed E-state index contributed by atoms with van der Waals surface area (Å²) < 4.78 is 11.9. The highest BCUT2D eigenvalue weighted by Gasteiger charge is 2.17. The summed E-state index contributed by atoms with van der Waals surface area (Å²) in [6.07, 6.45) is 10.2. The number of methoxy groups -OCH3 is 1. The van der Waals surface area contributed by atoms with Crippen molar-refractivity contribution in [2.24, 2.45) is 0 Å². The molecule has 0 aliphatic heterocycles. The molecule has 1 aliphatic carbocycles. The maximum absolute atomic E-state index is 6.30. The minimum absolute atomic E-state index is 0.318. The maximum atomic E-state index is 6.30. The number of nitrogens with zero attached hydrogens (tertiary/aromatic N) is 1. The van der Waals surface area contributed by atoms with Gasteiger partial charge in [-0.3, -0.25) is 4.98 Å². The van der Waals surface area contributed by atoms with Gasteiger partial charge in [0.25, 0.3) is 0 Å². The zero-order chi connectivity index (χ0) is 17.1. The van der Waals surface area contributed by atoms with E-state index in [0.29, 0.717) is 6.10 Å². The van der Waals surface area contributed by atoms with Gasteiger partial charge in [-0.15, -0.1) is 0 Å². The summed E-state index contributed by atoms with van der Waals surface area (Å²) >= 11 is 0. The number of ether oxygens (including phenoxy) is 2. The van der Waals surface area contributed by atoms with Crippen molar-refractivity contribution >= 4 is 10.8 Å². The second kappa shape index (κ2) is 7.14. The number of rotatable bonds is 4. The number of pyridine rings is 1. The smallest absolute Gasteiger partial charge is 0.131 e. The molecule has 1 fully saturated rings. The summed E-state index contributed by atoms with van der Waals surface area (Å²) in [4.78, 5) is 4.42. The summed E-state index contributed by atoms with van der Waals surface area (Å²) in [6, 6.07) is 14.5. The van der Waals surface area contributed by atoms with Crippen LogP contribution in [0.1, 0.15) is 32.1 Å². The second-order valence-electron chi connectivity index (χ2n) is 6.65. The number of fused-ring (bicyclic) bond motifs is 1. The number of hydrogen-bond donors (Lipinski definition) is 0. The lowest BCUT2D eigenvalue weighted by Gasteiger charge is -2.23. The van der Waals surface area contributed by atoms with Crippen molar-refractivity contribution in [2.75, 3.05) is 7.11 Å². The molecule has 0 N–H and O–H groups in total. The lowest BCUT2D eigenvalue weighted by Crippen LogP contribution is -2.19. The maximum Gasteiger partial charge on any atom is 0.131 e. The Kier molecular flexibility index (Phi) is 4.55. The summed E-state index contributed by atoms with van der Waals surface area (Å²) in [5.74, 6) is 1.70. The molecular weight excluding hydrogens is 310 g/mol. The van der Waals surface area contributed by atoms with Crippen LogP contribution in [0.4, 0.5) is 0 Å². The van der Waals surface area contributed by atoms with E-state index in [1.54, 1.807) is 7.11 Å². The minimum atomic E-state index is 0.318. The Labute approximate surface area is 148 Å². The first-order valence-corrected chi connectivity index (χ1v) is 9.03. The zero-order valence-electron chi connectivity index (χ0n) is 14.6. The molecule has 0 amide bonds. The minimum Gasteiger partial charge on any atom is -0.496 e. The van der Waals surface area contributed by atoms with Crippen LogP contribution in [0.2, 0.25) is 0 Å². The molecule has 128 valence electrons. The first-order valence-electron chi connectivity index (χ1n) is 9.03. The monoisotopic (exact) mass is 333 g/mol. The van der Waals surface area contributed by atoms with Gasteiger partial charge in [-0.25, -0.2) is 0 Å². The molecule has 0 radical (unpaired) electrons. The van der Waals surface area contributed by atoms with E-state index in [1.165, 1.54) is 19.3 Å². The molecular formula is C22H23NO2. The topological polar surface area (TPSA) is 31.4 Å². The van der Waals surface area contributed by atoms with E-state index < -0.39 is 0 Å². The van der Waals surface area contributed by atoms with Crippen molar-refractivity contribution in [1.82, 2.24) is 4.98 Å². The molecule has 0 unspecified atom stereocenters. The standard InChI is InChI=1S/C22H23NO2/c1-24-22-13-18(25-17-10-6-3-7-11-17)12-19-20(14-23-15-21(19)22)16-8-4-2-5-9-16/h2,4-5,8-9,12-15,17H,3,6-7,10-11H2,1H3. The average Bonchev–Trinajstić information content (AvgIpc) is 2.68. The Morgan fingerprint density at radius 2 is 1.72 bits per heavy atom. The molecule has 0 saturated heterocycles. The van der Waals surface area contributed by atoms with E-state index in [2.05, 4.69) is 23.2 Å². The SMILES string of the molecule is COc1cc(OC2CCCCC2)cc2c(-c3ccccc3)cncc12. The Bertz CT molecular complexity index is 855. The van der Waals surface area contributed by atoms with Crippen molar-refractivity contribution in [1.29, 1.82) is 0 Å². The normalized spacial score (nSPS) is 15.2. The van der Waals surface area contributed by atoms with E-state index in [9.17, 15) is 0 Å². The van der Waals surface area contributed by atoms with Crippen LogP contribution in [0, 0.1) is 0 Å². The van der Waals surface area contributed by atoms with Gasteiger partial charge in [0.1, 0.15) is 11.5 Å². The summed E-state index contributed by atoms with van der Waals surface area (Å²) in [5.41, 5.74) is 2.25. The van der Waals surface area contributed by atoms with Crippen molar-refractivity contribution < 1.29 is 9.47 Å². The van der Waals surface area contributed by atoms with Crippen molar-refractivity contribution in [3.63, 3.8) is 0 Å². The molecule has 1 aromatic heterocycles. The third-order valence-electron chi connectivity index (χ3n) is 4.97. The highest BCUT2D eigenvalue weighted by molar-refractivity contribution is 5.99. The van der Waals surface area contributed by atoms with E-state index in [0.717, 1.165) is 46.2 Å². The summed E-state index contributed by atoms with van der Waals surface area (Å²) in [6.45, 7) is 0. The molecule has 2 aromatic carbocycles. The van der Waals surface area contributed by atoms with Gasteiger partial charge < -0.3 is 9.47 Å². The molecule has 1 saturated carbocycles. The van der Waals surface area contributed by atoms with Crippen LogP contribution in [-0.4, -0.2) is 18.2 Å². The van der Waals surface area contributed by atoms with Crippen molar-refractivity contribution in [2.45, 2.75) is 38.2 Å². The highest BCUT2D eigenvalue weighted by atomic mass is 16.5. The molecule has 3 heteroatoms. The number of hydrogen-bond acceptors (Lipinski definition) is 3. The van der Waals surface area contributed by atoms with Crippen LogP contribution in [-0.2, 0) is 0 Å². The van der Waals surface area contributed by atoms with Crippen LogP contribution in [0.25, 0.3) is 21.9 Å². The highest BCUT2D eigenvalue weighted by Crippen LogP contribution is 2.37. The predicted molar refractivity (Wildman–Crippen MR) is 101 cm³/mol.